The van der Waals surface area contributed by atoms with E-state index in [-0.39, 0.29) is 19.6 Å². The van der Waals surface area contributed by atoms with Crippen LogP contribution in [-0.4, -0.2) is 159 Å². The van der Waals surface area contributed by atoms with E-state index in [1.807, 2.05) is 0 Å². The molecule has 3 aliphatic rings. The Bertz CT molecular complexity index is 1590. The maximum Gasteiger partial charge on any atom is 0.325 e. The Morgan fingerprint density at radius 3 is 1.09 bits per heavy atom. The van der Waals surface area contributed by atoms with Crippen LogP contribution in [0.5, 0.6) is 0 Å². The molecule has 9 N–H and O–H groups in total. The molecule has 21 heteroatoms. The monoisotopic (exact) mass is 806 g/mol. The fourth-order valence-electron chi connectivity index (χ4n) is 6.98. The molecule has 0 aromatic carbocycles. The van der Waals surface area contributed by atoms with Gasteiger partial charge in [0, 0.05) is 19.6 Å². The maximum atomic E-state index is 13.5. The molecule has 9 amide bonds. The van der Waals surface area contributed by atoms with Crippen molar-refractivity contribution in [2.45, 2.75) is 147 Å². The van der Waals surface area contributed by atoms with Crippen LogP contribution in [0.25, 0.3) is 0 Å². The summed E-state index contributed by atoms with van der Waals surface area (Å²) < 4.78 is 0. The van der Waals surface area contributed by atoms with Crippen molar-refractivity contribution in [2.75, 3.05) is 19.6 Å². The molecular formula is C36H58N10O11. The summed E-state index contributed by atoms with van der Waals surface area (Å²) in [5.74, 6) is -6.49. The zero-order chi connectivity index (χ0) is 42.9. The van der Waals surface area contributed by atoms with Gasteiger partial charge in [-0.2, -0.15) is 0 Å². The second-order valence-corrected chi connectivity index (χ2v) is 15.1. The molecule has 10 atom stereocenters. The van der Waals surface area contributed by atoms with Crippen molar-refractivity contribution >= 4 is 59.1 Å². The molecule has 318 valence electrons. The highest BCUT2D eigenvalue weighted by atomic mass is 16.4. The molecule has 3 heterocycles. The molecule has 57 heavy (non-hydrogen) atoms. The Labute approximate surface area is 331 Å². The first-order valence-corrected chi connectivity index (χ1v) is 19.4. The third-order valence-corrected chi connectivity index (χ3v) is 10.4. The molecule has 0 bridgehead atoms. The Balaban J connectivity index is 1.50. The van der Waals surface area contributed by atoms with Crippen LogP contribution in [0, 0.1) is 0 Å². The molecule has 0 unspecified atom stereocenters. The van der Waals surface area contributed by atoms with E-state index in [2.05, 4.69) is 31.9 Å². The third kappa shape index (κ3) is 11.8. The van der Waals surface area contributed by atoms with E-state index >= 15 is 0 Å². The number of nitrogens with zero attached hydrogens (tertiary/aromatic N) is 3. The molecular weight excluding hydrogens is 748 g/mol. The number of hydrogen-bond donors (Lipinski definition) is 8. The highest BCUT2D eigenvalue weighted by Crippen LogP contribution is 2.22. The number of amides is 9. The zero-order valence-corrected chi connectivity index (χ0v) is 33.6. The first kappa shape index (κ1) is 46.0. The summed E-state index contributed by atoms with van der Waals surface area (Å²) in [6.07, 6.45) is 2.50. The van der Waals surface area contributed by atoms with E-state index in [9.17, 15) is 47.9 Å². The lowest BCUT2D eigenvalue weighted by Gasteiger charge is -2.30. The fraction of sp³-hybridized carbons (Fsp3) is 0.722. The molecule has 21 nitrogen and oxygen atoms in total. The SMILES string of the molecule is C[C@H](N)C(=O)N[C@@H](C)C(=O)N1CCC[C@H]1C(=O)N[C@@H](C)C(=O)N[C@@H](C)C(=O)N[C@@H](C)C(=O)N1CCC[C@H]1C(=O)N[C@@H](C)C(=O)N1CCC[C@H]1C(=O)N[C@@H](C)C(=O)O. The Kier molecular flexibility index (Phi) is 16.3. The summed E-state index contributed by atoms with van der Waals surface area (Å²) in [4.78, 5) is 132. The molecule has 0 radical (unpaired) electrons. The fourth-order valence-corrected chi connectivity index (χ4v) is 6.98. The molecule has 0 aromatic rings. The van der Waals surface area contributed by atoms with Crippen molar-refractivity contribution in [3.05, 3.63) is 0 Å². The number of aliphatic carboxylic acids is 1. The molecule has 3 rings (SSSR count). The van der Waals surface area contributed by atoms with Gasteiger partial charge in [-0.15, -0.1) is 0 Å². The number of rotatable bonds is 16. The molecule has 0 saturated carbocycles. The normalized spacial score (nSPS) is 22.8. The number of carboxylic acids is 1. The van der Waals surface area contributed by atoms with Gasteiger partial charge in [0.15, 0.2) is 0 Å². The van der Waals surface area contributed by atoms with Crippen molar-refractivity contribution in [1.82, 2.24) is 46.6 Å². The first-order valence-electron chi connectivity index (χ1n) is 19.4. The van der Waals surface area contributed by atoms with Crippen molar-refractivity contribution in [3.8, 4) is 0 Å². The van der Waals surface area contributed by atoms with Crippen LogP contribution >= 0.6 is 0 Å². The largest absolute Gasteiger partial charge is 0.480 e. The Hall–Kier alpha value is -5.34. The van der Waals surface area contributed by atoms with Crippen LogP contribution in [0.15, 0.2) is 0 Å². The second-order valence-electron chi connectivity index (χ2n) is 15.1. The van der Waals surface area contributed by atoms with E-state index in [0.29, 0.717) is 38.5 Å². The van der Waals surface area contributed by atoms with Gasteiger partial charge >= 0.3 is 5.97 Å². The Morgan fingerprint density at radius 1 is 0.456 bits per heavy atom. The maximum absolute atomic E-state index is 13.5. The predicted molar refractivity (Wildman–Crippen MR) is 201 cm³/mol. The first-order chi connectivity index (χ1) is 26.7. The number of nitrogens with two attached hydrogens (primary N) is 1. The van der Waals surface area contributed by atoms with Gasteiger partial charge in [0.05, 0.1) is 6.04 Å². The number of carboxylic acid groups (broad SMARTS) is 1. The zero-order valence-electron chi connectivity index (χ0n) is 33.6. The minimum atomic E-state index is -1.22. The Morgan fingerprint density at radius 2 is 0.737 bits per heavy atom. The number of likely N-dealkylation sites (tertiary alicyclic amines) is 3. The van der Waals surface area contributed by atoms with Crippen molar-refractivity contribution in [3.63, 3.8) is 0 Å². The van der Waals surface area contributed by atoms with Gasteiger partial charge in [-0.1, -0.05) is 0 Å². The average Bonchev–Trinajstić information content (AvgIpc) is 3.95. The minimum absolute atomic E-state index is 0.212. The molecule has 0 aliphatic carbocycles. The van der Waals surface area contributed by atoms with Crippen LogP contribution in [0.2, 0.25) is 0 Å². The number of carbonyl (C=O) groups excluding carboxylic acids is 9. The summed E-state index contributed by atoms with van der Waals surface area (Å²) >= 11 is 0. The van der Waals surface area contributed by atoms with Gasteiger partial charge in [0.1, 0.15) is 54.4 Å². The third-order valence-electron chi connectivity index (χ3n) is 10.4. The molecule has 0 aromatic heterocycles. The number of nitrogens with one attached hydrogen (secondary N) is 6. The topological polar surface area (TPSA) is 299 Å². The highest BCUT2D eigenvalue weighted by molar-refractivity contribution is 5.98. The lowest BCUT2D eigenvalue weighted by atomic mass is 10.1. The summed E-state index contributed by atoms with van der Waals surface area (Å²) in [5.41, 5.74) is 5.56. The van der Waals surface area contributed by atoms with E-state index in [4.69, 9.17) is 10.8 Å². The van der Waals surface area contributed by atoms with Crippen LogP contribution in [-0.2, 0) is 47.9 Å². The van der Waals surface area contributed by atoms with E-state index in [0.717, 1.165) is 0 Å². The van der Waals surface area contributed by atoms with Crippen LogP contribution < -0.4 is 37.6 Å². The van der Waals surface area contributed by atoms with Gasteiger partial charge in [-0.05, 0) is 87.0 Å². The van der Waals surface area contributed by atoms with Gasteiger partial charge < -0.3 is 57.4 Å². The van der Waals surface area contributed by atoms with Gasteiger partial charge in [-0.3, -0.25) is 47.9 Å². The summed E-state index contributed by atoms with van der Waals surface area (Å²) in [6.45, 7) is 10.7. The van der Waals surface area contributed by atoms with E-state index in [1.54, 1.807) is 0 Å². The summed E-state index contributed by atoms with van der Waals surface area (Å²) in [6, 6.07) is -10.0. The predicted octanol–water partition coefficient (Wildman–Crippen LogP) is -3.58. The quantitative estimate of drug-likeness (QED) is 0.0752. The summed E-state index contributed by atoms with van der Waals surface area (Å²) in [7, 11) is 0. The second kappa shape index (κ2) is 20.2. The van der Waals surface area contributed by atoms with Crippen LogP contribution in [0.3, 0.4) is 0 Å². The molecule has 3 saturated heterocycles. The highest BCUT2D eigenvalue weighted by Gasteiger charge is 2.41. The molecule has 3 fully saturated rings. The molecule has 3 aliphatic heterocycles. The molecule has 0 spiro atoms. The average molecular weight is 807 g/mol. The lowest BCUT2D eigenvalue weighted by Crippen LogP contribution is -2.58. The number of hydrogen-bond acceptors (Lipinski definition) is 11. The van der Waals surface area contributed by atoms with Gasteiger partial charge in [0.2, 0.25) is 53.2 Å². The van der Waals surface area contributed by atoms with E-state index < -0.39 is 120 Å². The smallest absolute Gasteiger partial charge is 0.325 e. The number of carbonyl (C=O) groups is 10. The van der Waals surface area contributed by atoms with Crippen molar-refractivity contribution in [2.24, 2.45) is 5.73 Å². The lowest BCUT2D eigenvalue weighted by molar-refractivity contribution is -0.145. The van der Waals surface area contributed by atoms with E-state index in [1.165, 1.54) is 63.2 Å². The van der Waals surface area contributed by atoms with Crippen LogP contribution in [0.4, 0.5) is 0 Å². The van der Waals surface area contributed by atoms with Gasteiger partial charge in [0.25, 0.3) is 0 Å². The van der Waals surface area contributed by atoms with Crippen LogP contribution in [0.1, 0.15) is 87.0 Å². The van der Waals surface area contributed by atoms with Crippen molar-refractivity contribution < 1.29 is 53.1 Å². The standard InChI is InChI=1S/C36H58N10O11/c1-17(37)27(47)40-20(4)33(53)44-14-8-11-24(44)30(50)39-19(3)28(48)38-18(2)29(49)41-21(5)34(54)45-15-9-12-25(45)31(51)42-22(6)35(55)46-16-10-13-26(46)32(52)43-23(7)36(56)57/h17-26H,8-16,37H2,1-7H3,(H,38,48)(H,39,50)(H,40,47)(H,41,49)(H,42,51)(H,43,52)(H,56,57)/t17-,18-,19-,20-,21-,22-,23-,24-,25-,26-/m0/s1. The summed E-state index contributed by atoms with van der Waals surface area (Å²) in [5, 5.41) is 24.3. The minimum Gasteiger partial charge on any atom is -0.480 e. The van der Waals surface area contributed by atoms with Gasteiger partial charge in [-0.25, -0.2) is 0 Å². The van der Waals surface area contributed by atoms with Crippen molar-refractivity contribution in [1.29, 1.82) is 0 Å².